The first-order valence-corrected chi connectivity index (χ1v) is 13.4. The molecule has 0 saturated carbocycles. The Morgan fingerprint density at radius 1 is 1.16 bits per heavy atom. The summed E-state index contributed by atoms with van der Waals surface area (Å²) >= 11 is 0. The molecular weight excluding hydrogens is 482 g/mol. The largest absolute Gasteiger partial charge is 0.395 e. The van der Waals surface area contributed by atoms with Crippen molar-refractivity contribution in [2.75, 3.05) is 31.1 Å². The zero-order valence-electron chi connectivity index (χ0n) is 23.2. The van der Waals surface area contributed by atoms with Crippen LogP contribution in [0.25, 0.3) is 0 Å². The topological polar surface area (TPSA) is 90.4 Å². The summed E-state index contributed by atoms with van der Waals surface area (Å²) in [6, 6.07) is 8.37. The van der Waals surface area contributed by atoms with Crippen molar-refractivity contribution in [3.05, 3.63) is 55.6 Å². The number of aliphatic hydroxyl groups is 1. The molecule has 3 heterocycles. The summed E-state index contributed by atoms with van der Waals surface area (Å²) in [6.07, 6.45) is 3.81. The summed E-state index contributed by atoms with van der Waals surface area (Å²) < 4.78 is 6.81. The molecule has 1 spiro atoms. The highest BCUT2D eigenvalue weighted by Crippen LogP contribution is 2.65. The van der Waals surface area contributed by atoms with Crippen LogP contribution in [0.15, 0.2) is 55.6 Å². The number of rotatable bonds is 9. The van der Waals surface area contributed by atoms with E-state index in [-0.39, 0.29) is 43.3 Å². The molecular formula is C30H41N3O5. The smallest absolute Gasteiger partial charge is 0.249 e. The third-order valence-corrected chi connectivity index (χ3v) is 8.69. The normalized spacial score (nSPS) is 31.7. The van der Waals surface area contributed by atoms with Gasteiger partial charge in [-0.15, -0.1) is 13.2 Å². The second kappa shape index (κ2) is 9.97. The van der Waals surface area contributed by atoms with Gasteiger partial charge in [0.05, 0.1) is 24.0 Å². The highest BCUT2D eigenvalue weighted by atomic mass is 16.5. The molecule has 6 atom stereocenters. The standard InChI is InChI=1S/C30H41N3O5/c1-8-15-31(21-13-11-10-12-14-21)25(35)22-23-26(36)32(17-18-34)24(27(37)33(16-9-2)28(4,5)6)30(23)19-20(3)29(22,7)38-30/h8-14,20,22-24,34H,1-2,15-19H2,3-7H3/t20?,22-,23-,24?,29+,30?/m0/s1. The molecule has 206 valence electrons. The molecule has 4 rings (SSSR count). The van der Waals surface area contributed by atoms with Gasteiger partial charge in [-0.05, 0) is 52.2 Å². The number of para-hydroxylation sites is 1. The van der Waals surface area contributed by atoms with E-state index in [9.17, 15) is 19.5 Å². The number of hydrogen-bond acceptors (Lipinski definition) is 5. The number of aliphatic hydroxyl groups excluding tert-OH is 1. The fraction of sp³-hybridized carbons (Fsp3) is 0.567. The van der Waals surface area contributed by atoms with Crippen LogP contribution in [0.3, 0.4) is 0 Å². The van der Waals surface area contributed by atoms with Gasteiger partial charge in [-0.2, -0.15) is 0 Å². The van der Waals surface area contributed by atoms with Crippen molar-refractivity contribution in [1.82, 2.24) is 9.80 Å². The van der Waals surface area contributed by atoms with Gasteiger partial charge in [0, 0.05) is 30.9 Å². The minimum Gasteiger partial charge on any atom is -0.395 e. The molecule has 8 heteroatoms. The number of benzene rings is 1. The summed E-state index contributed by atoms with van der Waals surface area (Å²) in [6.45, 7) is 17.7. The highest BCUT2D eigenvalue weighted by Gasteiger charge is 2.80. The molecule has 1 N–H and O–H groups in total. The van der Waals surface area contributed by atoms with Crippen LogP contribution in [0.5, 0.6) is 0 Å². The first-order valence-electron chi connectivity index (χ1n) is 13.4. The molecule has 3 unspecified atom stereocenters. The molecule has 3 amide bonds. The van der Waals surface area contributed by atoms with Gasteiger partial charge in [-0.1, -0.05) is 37.3 Å². The van der Waals surface area contributed by atoms with E-state index in [4.69, 9.17) is 4.74 Å². The van der Waals surface area contributed by atoms with Crippen LogP contribution in [0.2, 0.25) is 0 Å². The number of hydrogen-bond donors (Lipinski definition) is 1. The lowest BCUT2D eigenvalue weighted by Gasteiger charge is -2.42. The molecule has 8 nitrogen and oxygen atoms in total. The van der Waals surface area contributed by atoms with E-state index < -0.39 is 34.6 Å². The number of anilines is 1. The van der Waals surface area contributed by atoms with Gasteiger partial charge in [-0.25, -0.2) is 0 Å². The van der Waals surface area contributed by atoms with E-state index in [1.165, 1.54) is 4.90 Å². The first-order chi connectivity index (χ1) is 17.9. The van der Waals surface area contributed by atoms with Crippen molar-refractivity contribution in [2.45, 2.75) is 63.8 Å². The minimum atomic E-state index is -1.17. The number of β-amino-alcohol motifs (C(OH)–C–C–N with tert-alkyl or cyclic N) is 1. The summed E-state index contributed by atoms with van der Waals surface area (Å²) in [5.41, 5.74) is -1.93. The van der Waals surface area contributed by atoms with E-state index in [1.807, 2.05) is 65.0 Å². The molecule has 0 aliphatic carbocycles. The van der Waals surface area contributed by atoms with Crippen molar-refractivity contribution >= 4 is 23.4 Å². The fourth-order valence-corrected chi connectivity index (χ4v) is 6.94. The molecule has 3 saturated heterocycles. The van der Waals surface area contributed by atoms with Gasteiger partial charge >= 0.3 is 0 Å². The van der Waals surface area contributed by atoms with Gasteiger partial charge in [0.15, 0.2) is 0 Å². The van der Waals surface area contributed by atoms with Crippen LogP contribution in [0.1, 0.15) is 41.0 Å². The minimum absolute atomic E-state index is 0.00994. The lowest BCUT2D eigenvalue weighted by Crippen LogP contribution is -2.60. The molecule has 1 aromatic carbocycles. The Bertz CT molecular complexity index is 1110. The summed E-state index contributed by atoms with van der Waals surface area (Å²) in [5.74, 6) is -2.49. The van der Waals surface area contributed by atoms with Gasteiger partial charge in [0.2, 0.25) is 17.7 Å². The fourth-order valence-electron chi connectivity index (χ4n) is 6.94. The molecule has 2 bridgehead atoms. The Labute approximate surface area is 225 Å². The van der Waals surface area contributed by atoms with Gasteiger partial charge in [0.25, 0.3) is 0 Å². The van der Waals surface area contributed by atoms with Gasteiger partial charge in [-0.3, -0.25) is 14.4 Å². The molecule has 3 fully saturated rings. The van der Waals surface area contributed by atoms with Crippen molar-refractivity contribution in [2.24, 2.45) is 17.8 Å². The number of fused-ring (bicyclic) bond motifs is 1. The number of nitrogens with zero attached hydrogens (tertiary/aromatic N) is 3. The van der Waals surface area contributed by atoms with Crippen molar-refractivity contribution in [3.63, 3.8) is 0 Å². The molecule has 3 aliphatic heterocycles. The summed E-state index contributed by atoms with van der Waals surface area (Å²) in [7, 11) is 0. The van der Waals surface area contributed by atoms with Gasteiger partial charge in [0.1, 0.15) is 11.6 Å². The molecule has 38 heavy (non-hydrogen) atoms. The van der Waals surface area contributed by atoms with Gasteiger partial charge < -0.3 is 24.5 Å². The zero-order chi connectivity index (χ0) is 28.0. The average Bonchev–Trinajstić information content (AvgIpc) is 3.37. The van der Waals surface area contributed by atoms with Crippen LogP contribution in [-0.2, 0) is 19.1 Å². The quantitative estimate of drug-likeness (QED) is 0.503. The third-order valence-electron chi connectivity index (χ3n) is 8.69. The van der Waals surface area contributed by atoms with E-state index in [2.05, 4.69) is 13.2 Å². The number of carbonyl (C=O) groups excluding carboxylic acids is 3. The second-order valence-corrected chi connectivity index (χ2v) is 11.9. The summed E-state index contributed by atoms with van der Waals surface area (Å²) in [4.78, 5) is 47.6. The second-order valence-electron chi connectivity index (χ2n) is 11.9. The Kier molecular flexibility index (Phi) is 7.36. The number of carbonyl (C=O) groups is 3. The van der Waals surface area contributed by atoms with Crippen molar-refractivity contribution in [3.8, 4) is 0 Å². The monoisotopic (exact) mass is 523 g/mol. The van der Waals surface area contributed by atoms with Crippen LogP contribution in [0.4, 0.5) is 5.69 Å². The zero-order valence-corrected chi connectivity index (χ0v) is 23.2. The highest BCUT2D eigenvalue weighted by molar-refractivity contribution is 6.03. The van der Waals surface area contributed by atoms with Crippen LogP contribution < -0.4 is 4.90 Å². The predicted octanol–water partition coefficient (Wildman–Crippen LogP) is 3.02. The maximum absolute atomic E-state index is 14.4. The molecule has 3 aliphatic rings. The molecule has 1 aromatic rings. The van der Waals surface area contributed by atoms with Crippen molar-refractivity contribution in [1.29, 1.82) is 0 Å². The van der Waals surface area contributed by atoms with E-state index in [0.29, 0.717) is 18.7 Å². The first kappa shape index (κ1) is 28.0. The Morgan fingerprint density at radius 3 is 2.34 bits per heavy atom. The lowest BCUT2D eigenvalue weighted by molar-refractivity contribution is -0.155. The van der Waals surface area contributed by atoms with Crippen LogP contribution in [0, 0.1) is 17.8 Å². The number of ether oxygens (including phenoxy) is 1. The number of amides is 3. The molecule has 0 radical (unpaired) electrons. The van der Waals surface area contributed by atoms with E-state index in [1.54, 1.807) is 22.0 Å². The maximum atomic E-state index is 14.4. The number of likely N-dealkylation sites (tertiary alicyclic amines) is 1. The van der Waals surface area contributed by atoms with E-state index in [0.717, 1.165) is 0 Å². The Balaban J connectivity index is 1.84. The average molecular weight is 524 g/mol. The van der Waals surface area contributed by atoms with E-state index >= 15 is 0 Å². The van der Waals surface area contributed by atoms with Crippen molar-refractivity contribution < 1.29 is 24.2 Å². The van der Waals surface area contributed by atoms with Crippen LogP contribution >= 0.6 is 0 Å². The SMILES string of the molecule is C=CCN(C(=O)[C@@H]1[C@H]2C(=O)N(CCO)C(C(=O)N(CC=C)C(C)(C)C)C23CC(C)[C@@]1(C)O3)c1ccccc1. The molecule has 0 aromatic heterocycles. The lowest BCUT2D eigenvalue weighted by atomic mass is 9.62. The summed E-state index contributed by atoms with van der Waals surface area (Å²) in [5, 5.41) is 9.90. The van der Waals surface area contributed by atoms with Crippen LogP contribution in [-0.4, -0.2) is 81.7 Å². The predicted molar refractivity (Wildman–Crippen MR) is 146 cm³/mol. The Morgan fingerprint density at radius 2 is 1.79 bits per heavy atom. The maximum Gasteiger partial charge on any atom is 0.249 e. The Hall–Kier alpha value is -2.97. The third kappa shape index (κ3) is 4.09.